The lowest BCUT2D eigenvalue weighted by molar-refractivity contribution is 0.297. The average molecular weight is 207 g/mol. The Morgan fingerprint density at radius 2 is 2.07 bits per heavy atom. The van der Waals surface area contributed by atoms with Gasteiger partial charge in [-0.25, -0.2) is 0 Å². The summed E-state index contributed by atoms with van der Waals surface area (Å²) in [6.07, 6.45) is 5.91. The Kier molecular flexibility index (Phi) is 5.29. The van der Waals surface area contributed by atoms with Gasteiger partial charge in [-0.05, 0) is 31.2 Å². The molecule has 1 aromatic heterocycles. The van der Waals surface area contributed by atoms with Gasteiger partial charge in [-0.3, -0.25) is 4.98 Å². The summed E-state index contributed by atoms with van der Waals surface area (Å²) in [5, 5.41) is 0. The van der Waals surface area contributed by atoms with Crippen molar-refractivity contribution >= 4 is 0 Å². The molecule has 1 atom stereocenters. The molecular formula is C12H21N3. The third-order valence-electron chi connectivity index (χ3n) is 2.41. The van der Waals surface area contributed by atoms with Crippen molar-refractivity contribution in [3.63, 3.8) is 0 Å². The SMILES string of the molecule is CCCC(N)CN(C)Cc1ccncc1. The first kappa shape index (κ1) is 12.1. The molecule has 0 aliphatic rings. The van der Waals surface area contributed by atoms with E-state index in [-0.39, 0.29) is 0 Å². The summed E-state index contributed by atoms with van der Waals surface area (Å²) >= 11 is 0. The lowest BCUT2D eigenvalue weighted by Gasteiger charge is -2.20. The number of aromatic nitrogens is 1. The molecule has 1 aromatic rings. The number of likely N-dealkylation sites (N-methyl/N-ethyl adjacent to an activating group) is 1. The minimum absolute atomic E-state index is 0.293. The molecule has 0 aliphatic carbocycles. The zero-order chi connectivity index (χ0) is 11.1. The van der Waals surface area contributed by atoms with Gasteiger partial charge in [-0.15, -0.1) is 0 Å². The number of nitrogens with two attached hydrogens (primary N) is 1. The van der Waals surface area contributed by atoms with Crippen LogP contribution in [0.2, 0.25) is 0 Å². The van der Waals surface area contributed by atoms with Crippen LogP contribution in [0, 0.1) is 0 Å². The summed E-state index contributed by atoms with van der Waals surface area (Å²) in [6.45, 7) is 4.07. The van der Waals surface area contributed by atoms with Crippen LogP contribution in [-0.4, -0.2) is 29.5 Å². The van der Waals surface area contributed by atoms with Crippen molar-refractivity contribution in [3.8, 4) is 0 Å². The topological polar surface area (TPSA) is 42.1 Å². The number of rotatable bonds is 6. The predicted molar refractivity (Wildman–Crippen MR) is 63.5 cm³/mol. The van der Waals surface area contributed by atoms with Crippen molar-refractivity contribution in [2.45, 2.75) is 32.4 Å². The first-order chi connectivity index (χ1) is 7.22. The Hall–Kier alpha value is -0.930. The van der Waals surface area contributed by atoms with Crippen molar-refractivity contribution in [3.05, 3.63) is 30.1 Å². The van der Waals surface area contributed by atoms with Crippen molar-refractivity contribution in [2.75, 3.05) is 13.6 Å². The maximum atomic E-state index is 5.98. The zero-order valence-corrected chi connectivity index (χ0v) is 9.69. The molecule has 0 radical (unpaired) electrons. The van der Waals surface area contributed by atoms with Gasteiger partial charge < -0.3 is 10.6 Å². The summed E-state index contributed by atoms with van der Waals surface area (Å²) in [5.74, 6) is 0. The minimum atomic E-state index is 0.293. The molecule has 0 saturated heterocycles. The third kappa shape index (κ3) is 4.91. The van der Waals surface area contributed by atoms with E-state index >= 15 is 0 Å². The van der Waals surface area contributed by atoms with Gasteiger partial charge in [-0.1, -0.05) is 13.3 Å². The van der Waals surface area contributed by atoms with Crippen LogP contribution in [0.3, 0.4) is 0 Å². The van der Waals surface area contributed by atoms with Gasteiger partial charge in [0.15, 0.2) is 0 Å². The monoisotopic (exact) mass is 207 g/mol. The van der Waals surface area contributed by atoms with Gasteiger partial charge in [-0.2, -0.15) is 0 Å². The molecule has 0 fully saturated rings. The predicted octanol–water partition coefficient (Wildman–Crippen LogP) is 1.64. The van der Waals surface area contributed by atoms with Crippen LogP contribution in [0.4, 0.5) is 0 Å². The highest BCUT2D eigenvalue weighted by Gasteiger charge is 2.05. The fourth-order valence-electron chi connectivity index (χ4n) is 1.73. The van der Waals surface area contributed by atoms with Crippen molar-refractivity contribution < 1.29 is 0 Å². The summed E-state index contributed by atoms with van der Waals surface area (Å²) in [7, 11) is 2.11. The second kappa shape index (κ2) is 6.53. The lowest BCUT2D eigenvalue weighted by Crippen LogP contribution is -2.34. The van der Waals surface area contributed by atoms with E-state index in [2.05, 4.69) is 23.9 Å². The summed E-state index contributed by atoms with van der Waals surface area (Å²) in [6, 6.07) is 4.38. The largest absolute Gasteiger partial charge is 0.327 e. The van der Waals surface area contributed by atoms with E-state index in [4.69, 9.17) is 5.73 Å². The first-order valence-electron chi connectivity index (χ1n) is 5.55. The average Bonchev–Trinajstić information content (AvgIpc) is 2.19. The Balaban J connectivity index is 2.33. The Morgan fingerprint density at radius 1 is 1.40 bits per heavy atom. The molecule has 0 bridgehead atoms. The summed E-state index contributed by atoms with van der Waals surface area (Å²) < 4.78 is 0. The van der Waals surface area contributed by atoms with Crippen LogP contribution in [0.5, 0.6) is 0 Å². The lowest BCUT2D eigenvalue weighted by atomic mass is 10.1. The molecule has 0 spiro atoms. The van der Waals surface area contributed by atoms with E-state index in [1.165, 1.54) is 5.56 Å². The van der Waals surface area contributed by atoms with Crippen LogP contribution >= 0.6 is 0 Å². The van der Waals surface area contributed by atoms with Crippen LogP contribution < -0.4 is 5.73 Å². The molecule has 3 nitrogen and oxygen atoms in total. The second-order valence-electron chi connectivity index (χ2n) is 4.10. The molecule has 84 valence electrons. The fourth-order valence-corrected chi connectivity index (χ4v) is 1.73. The highest BCUT2D eigenvalue weighted by Crippen LogP contribution is 2.03. The molecule has 1 unspecified atom stereocenters. The maximum Gasteiger partial charge on any atom is 0.0271 e. The van der Waals surface area contributed by atoms with E-state index in [0.717, 1.165) is 25.9 Å². The normalized spacial score (nSPS) is 13.1. The molecule has 0 amide bonds. The van der Waals surface area contributed by atoms with Crippen molar-refractivity contribution in [1.29, 1.82) is 0 Å². The number of pyridine rings is 1. The number of hydrogen-bond donors (Lipinski definition) is 1. The van der Waals surface area contributed by atoms with Gasteiger partial charge in [0, 0.05) is 31.5 Å². The molecule has 3 heteroatoms. The van der Waals surface area contributed by atoms with Crippen LogP contribution in [0.1, 0.15) is 25.3 Å². The molecule has 15 heavy (non-hydrogen) atoms. The van der Waals surface area contributed by atoms with Crippen LogP contribution in [-0.2, 0) is 6.54 Å². The number of hydrogen-bond acceptors (Lipinski definition) is 3. The van der Waals surface area contributed by atoms with Gasteiger partial charge in [0.1, 0.15) is 0 Å². The van der Waals surface area contributed by atoms with Crippen molar-refractivity contribution in [2.24, 2.45) is 5.73 Å². The molecule has 0 aliphatic heterocycles. The van der Waals surface area contributed by atoms with E-state index < -0.39 is 0 Å². The summed E-state index contributed by atoms with van der Waals surface area (Å²) in [4.78, 5) is 6.26. The molecule has 1 heterocycles. The van der Waals surface area contributed by atoms with E-state index in [1.54, 1.807) is 0 Å². The van der Waals surface area contributed by atoms with E-state index in [0.29, 0.717) is 6.04 Å². The Morgan fingerprint density at radius 3 is 2.67 bits per heavy atom. The van der Waals surface area contributed by atoms with Gasteiger partial charge >= 0.3 is 0 Å². The highest BCUT2D eigenvalue weighted by molar-refractivity contribution is 5.09. The highest BCUT2D eigenvalue weighted by atomic mass is 15.1. The maximum absolute atomic E-state index is 5.98. The quantitative estimate of drug-likeness (QED) is 0.771. The van der Waals surface area contributed by atoms with E-state index in [1.807, 2.05) is 24.5 Å². The van der Waals surface area contributed by atoms with Gasteiger partial charge in [0.2, 0.25) is 0 Å². The van der Waals surface area contributed by atoms with Gasteiger partial charge in [0.25, 0.3) is 0 Å². The molecular weight excluding hydrogens is 186 g/mol. The van der Waals surface area contributed by atoms with Crippen LogP contribution in [0.25, 0.3) is 0 Å². The first-order valence-corrected chi connectivity index (χ1v) is 5.55. The number of nitrogens with zero attached hydrogens (tertiary/aromatic N) is 2. The second-order valence-corrected chi connectivity index (χ2v) is 4.10. The zero-order valence-electron chi connectivity index (χ0n) is 9.69. The summed E-state index contributed by atoms with van der Waals surface area (Å²) in [5.41, 5.74) is 7.27. The molecule has 2 N–H and O–H groups in total. The smallest absolute Gasteiger partial charge is 0.0271 e. The minimum Gasteiger partial charge on any atom is -0.327 e. The molecule has 0 saturated carbocycles. The Bertz CT molecular complexity index is 261. The third-order valence-corrected chi connectivity index (χ3v) is 2.41. The molecule has 1 rings (SSSR count). The van der Waals surface area contributed by atoms with Crippen LogP contribution in [0.15, 0.2) is 24.5 Å². The van der Waals surface area contributed by atoms with E-state index in [9.17, 15) is 0 Å². The van der Waals surface area contributed by atoms with Gasteiger partial charge in [0.05, 0.1) is 0 Å². The fraction of sp³-hybridized carbons (Fsp3) is 0.583. The Labute approximate surface area is 92.3 Å². The standard InChI is InChI=1S/C12H21N3/c1-3-4-12(13)10-15(2)9-11-5-7-14-8-6-11/h5-8,12H,3-4,9-10,13H2,1-2H3. The molecule has 0 aromatic carbocycles. The van der Waals surface area contributed by atoms with Crippen molar-refractivity contribution in [1.82, 2.24) is 9.88 Å².